The summed E-state index contributed by atoms with van der Waals surface area (Å²) in [5.74, 6) is -0.120. The SMILES string of the molecule is Cc1c(-c2[nH]c3sc(C4CC(C(=O)O)C4)c(C)c3c2C(C)C)cn2ncnc2c1C. The van der Waals surface area contributed by atoms with Gasteiger partial charge in [0.1, 0.15) is 11.2 Å². The van der Waals surface area contributed by atoms with Crippen LogP contribution in [-0.4, -0.2) is 30.7 Å². The molecule has 0 radical (unpaired) electrons. The minimum atomic E-state index is -0.662. The second-order valence-electron chi connectivity index (χ2n) is 8.89. The van der Waals surface area contributed by atoms with Gasteiger partial charge in [-0.25, -0.2) is 9.50 Å². The zero-order valence-corrected chi connectivity index (χ0v) is 18.7. The number of carboxylic acid groups (broad SMARTS) is 1. The Labute approximate surface area is 179 Å². The van der Waals surface area contributed by atoms with Gasteiger partial charge in [-0.15, -0.1) is 11.3 Å². The normalized spacial score (nSPS) is 19.1. The third kappa shape index (κ3) is 2.64. The molecular weight excluding hydrogens is 396 g/mol. The van der Waals surface area contributed by atoms with Crippen molar-refractivity contribution in [1.82, 2.24) is 19.6 Å². The van der Waals surface area contributed by atoms with E-state index in [-0.39, 0.29) is 5.92 Å². The van der Waals surface area contributed by atoms with Crippen molar-refractivity contribution in [2.45, 2.75) is 59.3 Å². The number of aryl methyl sites for hydroxylation is 2. The lowest BCUT2D eigenvalue weighted by Gasteiger charge is -2.32. The highest BCUT2D eigenvalue weighted by Gasteiger charge is 2.38. The first-order valence-corrected chi connectivity index (χ1v) is 11.3. The summed E-state index contributed by atoms with van der Waals surface area (Å²) in [6, 6.07) is 0. The van der Waals surface area contributed by atoms with E-state index >= 15 is 0 Å². The van der Waals surface area contributed by atoms with E-state index in [1.54, 1.807) is 17.7 Å². The fourth-order valence-electron chi connectivity index (χ4n) is 4.92. The lowest BCUT2D eigenvalue weighted by atomic mass is 9.73. The second kappa shape index (κ2) is 6.67. The fourth-order valence-corrected chi connectivity index (χ4v) is 6.27. The Kier molecular flexibility index (Phi) is 4.29. The predicted octanol–water partition coefficient (Wildman–Crippen LogP) is 5.57. The van der Waals surface area contributed by atoms with Gasteiger partial charge in [0.15, 0.2) is 5.65 Å². The summed E-state index contributed by atoms with van der Waals surface area (Å²) >= 11 is 1.80. The van der Waals surface area contributed by atoms with Gasteiger partial charge in [0.2, 0.25) is 0 Å². The highest BCUT2D eigenvalue weighted by molar-refractivity contribution is 7.19. The smallest absolute Gasteiger partial charge is 0.306 e. The van der Waals surface area contributed by atoms with Crippen LogP contribution in [0.4, 0.5) is 0 Å². The van der Waals surface area contributed by atoms with Crippen LogP contribution in [0.25, 0.3) is 27.1 Å². The van der Waals surface area contributed by atoms with Crippen LogP contribution in [0.15, 0.2) is 12.5 Å². The molecule has 0 aliphatic heterocycles. The number of aromatic nitrogens is 4. The molecule has 4 aromatic rings. The molecule has 1 saturated carbocycles. The molecule has 5 rings (SSSR count). The largest absolute Gasteiger partial charge is 0.481 e. The molecule has 2 N–H and O–H groups in total. The van der Waals surface area contributed by atoms with E-state index in [0.717, 1.165) is 35.3 Å². The summed E-state index contributed by atoms with van der Waals surface area (Å²) in [7, 11) is 0. The highest BCUT2D eigenvalue weighted by Crippen LogP contribution is 2.50. The van der Waals surface area contributed by atoms with Gasteiger partial charge < -0.3 is 10.1 Å². The van der Waals surface area contributed by atoms with Gasteiger partial charge >= 0.3 is 5.97 Å². The summed E-state index contributed by atoms with van der Waals surface area (Å²) in [6.07, 6.45) is 5.18. The Morgan fingerprint density at radius 1 is 1.23 bits per heavy atom. The number of carboxylic acids is 1. The molecule has 1 fully saturated rings. The van der Waals surface area contributed by atoms with Crippen LogP contribution in [0.5, 0.6) is 0 Å². The van der Waals surface area contributed by atoms with Crippen molar-refractivity contribution in [1.29, 1.82) is 0 Å². The fraction of sp³-hybridized carbons (Fsp3) is 0.435. The minimum Gasteiger partial charge on any atom is -0.481 e. The van der Waals surface area contributed by atoms with E-state index < -0.39 is 5.97 Å². The maximum Gasteiger partial charge on any atom is 0.306 e. The van der Waals surface area contributed by atoms with Crippen molar-refractivity contribution in [3.63, 3.8) is 0 Å². The molecule has 0 amide bonds. The van der Waals surface area contributed by atoms with Crippen molar-refractivity contribution in [2.75, 3.05) is 0 Å². The Balaban J connectivity index is 1.67. The number of H-pyrrole nitrogens is 1. The molecule has 0 atom stereocenters. The molecule has 6 nitrogen and oxygen atoms in total. The Hall–Kier alpha value is -2.67. The molecule has 156 valence electrons. The molecule has 0 saturated heterocycles. The number of nitrogens with one attached hydrogen (secondary N) is 1. The second-order valence-corrected chi connectivity index (χ2v) is 9.94. The van der Waals surface area contributed by atoms with Crippen LogP contribution in [0.3, 0.4) is 0 Å². The number of rotatable bonds is 4. The van der Waals surface area contributed by atoms with Crippen molar-refractivity contribution in [3.8, 4) is 11.3 Å². The third-order valence-electron chi connectivity index (χ3n) is 6.79. The summed E-state index contributed by atoms with van der Waals surface area (Å²) < 4.78 is 1.86. The van der Waals surface area contributed by atoms with Crippen LogP contribution in [-0.2, 0) is 4.79 Å². The first-order chi connectivity index (χ1) is 14.3. The summed E-state index contributed by atoms with van der Waals surface area (Å²) in [6.45, 7) is 10.9. The monoisotopic (exact) mass is 422 g/mol. The average Bonchev–Trinajstić information content (AvgIpc) is 3.32. The van der Waals surface area contributed by atoms with Crippen LogP contribution in [0, 0.1) is 26.7 Å². The molecule has 30 heavy (non-hydrogen) atoms. The predicted molar refractivity (Wildman–Crippen MR) is 120 cm³/mol. The summed E-state index contributed by atoms with van der Waals surface area (Å²) in [5, 5.41) is 14.9. The van der Waals surface area contributed by atoms with Crippen molar-refractivity contribution >= 4 is 33.2 Å². The number of pyridine rings is 1. The molecule has 0 spiro atoms. The lowest BCUT2D eigenvalue weighted by molar-refractivity contribution is -0.145. The van der Waals surface area contributed by atoms with Crippen molar-refractivity contribution < 1.29 is 9.90 Å². The van der Waals surface area contributed by atoms with E-state index in [4.69, 9.17) is 0 Å². The third-order valence-corrected chi connectivity index (χ3v) is 8.16. The van der Waals surface area contributed by atoms with E-state index in [1.165, 1.54) is 31.8 Å². The number of hydrogen-bond acceptors (Lipinski definition) is 4. The average molecular weight is 423 g/mol. The molecular formula is C23H26N4O2S. The topological polar surface area (TPSA) is 83.3 Å². The highest BCUT2D eigenvalue weighted by atomic mass is 32.1. The van der Waals surface area contributed by atoms with Gasteiger partial charge in [0.05, 0.1) is 11.6 Å². The van der Waals surface area contributed by atoms with Gasteiger partial charge in [0, 0.05) is 22.0 Å². The molecule has 1 aliphatic carbocycles. The molecule has 4 aromatic heterocycles. The molecule has 4 heterocycles. The van der Waals surface area contributed by atoms with Gasteiger partial charge in [-0.2, -0.15) is 5.10 Å². The Bertz CT molecular complexity index is 1300. The number of nitrogens with zero attached hydrogens (tertiary/aromatic N) is 3. The molecule has 0 aromatic carbocycles. The molecule has 1 aliphatic rings. The molecule has 7 heteroatoms. The number of hydrogen-bond donors (Lipinski definition) is 2. The number of carbonyl (C=O) groups is 1. The maximum absolute atomic E-state index is 11.2. The van der Waals surface area contributed by atoms with E-state index in [2.05, 4.69) is 55.9 Å². The van der Waals surface area contributed by atoms with Gasteiger partial charge in [-0.3, -0.25) is 4.79 Å². The molecule has 0 unspecified atom stereocenters. The maximum atomic E-state index is 11.2. The number of thiophene rings is 1. The zero-order chi connectivity index (χ0) is 21.3. The van der Waals surface area contributed by atoms with Crippen LogP contribution >= 0.6 is 11.3 Å². The van der Waals surface area contributed by atoms with Gasteiger partial charge in [0.25, 0.3) is 0 Å². The van der Waals surface area contributed by atoms with Crippen molar-refractivity contribution in [3.05, 3.63) is 39.7 Å². The number of aliphatic carboxylic acids is 1. The van der Waals surface area contributed by atoms with Gasteiger partial charge in [-0.05, 0) is 67.7 Å². The van der Waals surface area contributed by atoms with Crippen LogP contribution < -0.4 is 0 Å². The molecule has 0 bridgehead atoms. The first-order valence-electron chi connectivity index (χ1n) is 10.5. The first kappa shape index (κ1) is 19.3. The summed E-state index contributed by atoms with van der Waals surface area (Å²) in [4.78, 5) is 21.9. The van der Waals surface area contributed by atoms with Crippen LogP contribution in [0.2, 0.25) is 0 Å². The van der Waals surface area contributed by atoms with Crippen LogP contribution in [0.1, 0.15) is 65.7 Å². The quantitative estimate of drug-likeness (QED) is 0.451. The van der Waals surface area contributed by atoms with E-state index in [1.807, 2.05) is 4.52 Å². The Morgan fingerprint density at radius 2 is 1.97 bits per heavy atom. The Morgan fingerprint density at radius 3 is 2.63 bits per heavy atom. The van der Waals surface area contributed by atoms with E-state index in [9.17, 15) is 9.90 Å². The standard InChI is InChI=1S/C23H26N4O2S/c1-10(2)17-18-13(5)20(14-6-15(7-14)23(28)29)30-22(18)26-19(17)16-8-27-21(24-9-25-27)12(4)11(16)3/h8-10,14-15,26H,6-7H2,1-5H3,(H,28,29). The number of fused-ring (bicyclic) bond motifs is 2. The number of aromatic amines is 1. The summed E-state index contributed by atoms with van der Waals surface area (Å²) in [5.41, 5.74) is 8.22. The zero-order valence-electron chi connectivity index (χ0n) is 17.9. The van der Waals surface area contributed by atoms with Gasteiger partial charge in [-0.1, -0.05) is 13.8 Å². The van der Waals surface area contributed by atoms with E-state index in [0.29, 0.717) is 11.8 Å². The van der Waals surface area contributed by atoms with Crippen molar-refractivity contribution in [2.24, 2.45) is 5.92 Å². The lowest BCUT2D eigenvalue weighted by Crippen LogP contribution is -2.28. The minimum absolute atomic E-state index is 0.185.